The molecule has 7 nitrogen and oxygen atoms in total. The highest BCUT2D eigenvalue weighted by molar-refractivity contribution is 7.92. The van der Waals surface area contributed by atoms with Crippen molar-refractivity contribution >= 4 is 50.7 Å². The third-order valence-electron chi connectivity index (χ3n) is 6.93. The third kappa shape index (κ3) is 8.36. The van der Waals surface area contributed by atoms with Gasteiger partial charge in [0.15, 0.2) is 0 Å². The Morgan fingerprint density at radius 2 is 1.47 bits per heavy atom. The Bertz CT molecular complexity index is 1760. The second kappa shape index (κ2) is 14.4. The van der Waals surface area contributed by atoms with Crippen LogP contribution in [0, 0.1) is 0 Å². The number of hydrogen-bond donors (Lipinski definition) is 1. The molecular formula is C32H28Cl2F3N3O4S. The first-order chi connectivity index (χ1) is 21.3. The molecule has 4 aromatic carbocycles. The summed E-state index contributed by atoms with van der Waals surface area (Å²) in [4.78, 5) is 28.5. The number of sulfonamides is 1. The second-order valence-corrected chi connectivity index (χ2v) is 12.6. The number of carbonyl (C=O) groups is 2. The standard InChI is InChI=1S/C32H28Cl2F3N3O4S/c1-38-31(42)29(18-22-9-4-2-5-10-22)39(20-23-15-16-27(33)28(34)17-23)30(41)21-40(45(43,44)26-13-6-3-7-14-26)25-12-8-11-24(19-25)32(35,36)37/h2-17,19,29H,18,20-21H2,1H3,(H,38,42). The van der Waals surface area contributed by atoms with Gasteiger partial charge in [0.2, 0.25) is 11.8 Å². The summed E-state index contributed by atoms with van der Waals surface area (Å²) in [6.45, 7) is -1.11. The summed E-state index contributed by atoms with van der Waals surface area (Å²) in [6, 6.07) is 23.1. The minimum absolute atomic E-state index is 0.0581. The molecule has 0 saturated carbocycles. The Balaban J connectivity index is 1.83. The molecular weight excluding hydrogens is 650 g/mol. The summed E-state index contributed by atoms with van der Waals surface area (Å²) >= 11 is 12.3. The summed E-state index contributed by atoms with van der Waals surface area (Å²) in [5.41, 5.74) is -0.280. The van der Waals surface area contributed by atoms with Gasteiger partial charge in [0.25, 0.3) is 10.0 Å². The van der Waals surface area contributed by atoms with E-state index in [0.717, 1.165) is 12.1 Å². The summed E-state index contributed by atoms with van der Waals surface area (Å²) < 4.78 is 69.5. The highest BCUT2D eigenvalue weighted by Crippen LogP contribution is 2.33. The van der Waals surface area contributed by atoms with Gasteiger partial charge in [-0.25, -0.2) is 8.42 Å². The van der Waals surface area contributed by atoms with Crippen molar-refractivity contribution in [3.05, 3.63) is 130 Å². The lowest BCUT2D eigenvalue weighted by atomic mass is 10.0. The van der Waals surface area contributed by atoms with Crippen LogP contribution in [0.3, 0.4) is 0 Å². The first-order valence-electron chi connectivity index (χ1n) is 13.5. The molecule has 4 aromatic rings. The molecule has 2 amide bonds. The van der Waals surface area contributed by atoms with Crippen LogP contribution >= 0.6 is 23.2 Å². The molecule has 236 valence electrons. The number of benzene rings is 4. The zero-order chi connectivity index (χ0) is 32.8. The van der Waals surface area contributed by atoms with Crippen molar-refractivity contribution in [2.24, 2.45) is 0 Å². The largest absolute Gasteiger partial charge is 0.416 e. The molecule has 0 aromatic heterocycles. The number of anilines is 1. The molecule has 0 fully saturated rings. The van der Waals surface area contributed by atoms with E-state index >= 15 is 0 Å². The highest BCUT2D eigenvalue weighted by Gasteiger charge is 2.36. The van der Waals surface area contributed by atoms with E-state index in [0.29, 0.717) is 21.5 Å². The maximum Gasteiger partial charge on any atom is 0.416 e. The van der Waals surface area contributed by atoms with E-state index in [9.17, 15) is 31.2 Å². The molecule has 0 heterocycles. The molecule has 45 heavy (non-hydrogen) atoms. The van der Waals surface area contributed by atoms with Crippen LogP contribution in [0.4, 0.5) is 18.9 Å². The normalized spacial score (nSPS) is 12.3. The van der Waals surface area contributed by atoms with Crippen LogP contribution in [0.2, 0.25) is 10.0 Å². The number of halogens is 5. The van der Waals surface area contributed by atoms with Crippen molar-refractivity contribution in [2.45, 2.75) is 30.1 Å². The van der Waals surface area contributed by atoms with Crippen LogP contribution in [0.1, 0.15) is 16.7 Å². The zero-order valence-corrected chi connectivity index (χ0v) is 26.2. The molecule has 4 rings (SSSR count). The Labute approximate surface area is 269 Å². The maximum atomic E-state index is 14.3. The number of hydrogen-bond acceptors (Lipinski definition) is 4. The van der Waals surface area contributed by atoms with Gasteiger partial charge in [-0.2, -0.15) is 13.2 Å². The maximum absolute atomic E-state index is 14.3. The van der Waals surface area contributed by atoms with E-state index < -0.39 is 46.2 Å². The first-order valence-corrected chi connectivity index (χ1v) is 15.7. The van der Waals surface area contributed by atoms with E-state index in [2.05, 4.69) is 5.32 Å². The van der Waals surface area contributed by atoms with Gasteiger partial charge in [-0.15, -0.1) is 0 Å². The summed E-state index contributed by atoms with van der Waals surface area (Å²) in [5.74, 6) is -1.38. The van der Waals surface area contributed by atoms with Gasteiger partial charge in [-0.3, -0.25) is 13.9 Å². The predicted octanol–water partition coefficient (Wildman–Crippen LogP) is 6.59. The number of carbonyl (C=O) groups excluding carboxylic acids is 2. The van der Waals surface area contributed by atoms with Gasteiger partial charge in [-0.05, 0) is 53.6 Å². The number of alkyl halides is 3. The van der Waals surface area contributed by atoms with Gasteiger partial charge in [-0.1, -0.05) is 83.9 Å². The van der Waals surface area contributed by atoms with E-state index in [1.807, 2.05) is 0 Å². The molecule has 0 aliphatic carbocycles. The van der Waals surface area contributed by atoms with Gasteiger partial charge in [0.1, 0.15) is 12.6 Å². The topological polar surface area (TPSA) is 86.8 Å². The predicted molar refractivity (Wildman–Crippen MR) is 167 cm³/mol. The van der Waals surface area contributed by atoms with Crippen LogP contribution < -0.4 is 9.62 Å². The van der Waals surface area contributed by atoms with Crippen molar-refractivity contribution < 1.29 is 31.2 Å². The highest BCUT2D eigenvalue weighted by atomic mass is 35.5. The minimum Gasteiger partial charge on any atom is -0.357 e. The molecule has 0 saturated heterocycles. The van der Waals surface area contributed by atoms with E-state index in [-0.39, 0.29) is 33.6 Å². The van der Waals surface area contributed by atoms with E-state index in [1.54, 1.807) is 42.5 Å². The Morgan fingerprint density at radius 3 is 2.07 bits per heavy atom. The summed E-state index contributed by atoms with van der Waals surface area (Å²) in [5, 5.41) is 3.01. The summed E-state index contributed by atoms with van der Waals surface area (Å²) in [7, 11) is -3.16. The Kier molecular flexibility index (Phi) is 10.8. The SMILES string of the molecule is CNC(=O)C(Cc1ccccc1)N(Cc1ccc(Cl)c(Cl)c1)C(=O)CN(c1cccc(C(F)(F)F)c1)S(=O)(=O)c1ccccc1. The Morgan fingerprint density at radius 1 is 0.822 bits per heavy atom. The van der Waals surface area contributed by atoms with Crippen molar-refractivity contribution in [1.29, 1.82) is 0 Å². The average Bonchev–Trinajstić information content (AvgIpc) is 3.03. The van der Waals surface area contributed by atoms with Gasteiger partial charge in [0, 0.05) is 20.0 Å². The number of nitrogens with zero attached hydrogens (tertiary/aromatic N) is 2. The lowest BCUT2D eigenvalue weighted by Gasteiger charge is -2.33. The molecule has 13 heteroatoms. The van der Waals surface area contributed by atoms with Crippen molar-refractivity contribution in [3.8, 4) is 0 Å². The van der Waals surface area contributed by atoms with E-state index in [1.165, 1.54) is 54.4 Å². The van der Waals surface area contributed by atoms with Crippen molar-refractivity contribution in [3.63, 3.8) is 0 Å². The van der Waals surface area contributed by atoms with Gasteiger partial charge < -0.3 is 10.2 Å². The number of amides is 2. The molecule has 0 bridgehead atoms. The van der Waals surface area contributed by atoms with Gasteiger partial charge in [0.05, 0.1) is 26.2 Å². The van der Waals surface area contributed by atoms with Crippen LogP contribution in [-0.4, -0.2) is 44.8 Å². The smallest absolute Gasteiger partial charge is 0.357 e. The fraction of sp³-hybridized carbons (Fsp3) is 0.188. The summed E-state index contributed by atoms with van der Waals surface area (Å²) in [6.07, 6.45) is -4.72. The van der Waals surface area contributed by atoms with Crippen molar-refractivity contribution in [1.82, 2.24) is 10.2 Å². The number of rotatable bonds is 11. The van der Waals surface area contributed by atoms with Crippen LogP contribution in [0.25, 0.3) is 0 Å². The molecule has 1 unspecified atom stereocenters. The molecule has 0 aliphatic rings. The number of nitrogens with one attached hydrogen (secondary N) is 1. The Hall–Kier alpha value is -4.06. The number of likely N-dealkylation sites (N-methyl/N-ethyl adjacent to an activating group) is 1. The van der Waals surface area contributed by atoms with Crippen LogP contribution in [0.5, 0.6) is 0 Å². The zero-order valence-electron chi connectivity index (χ0n) is 23.8. The quantitative estimate of drug-likeness (QED) is 0.194. The average molecular weight is 679 g/mol. The van der Waals surface area contributed by atoms with Crippen LogP contribution in [-0.2, 0) is 38.8 Å². The third-order valence-corrected chi connectivity index (χ3v) is 9.45. The molecule has 0 spiro atoms. The second-order valence-electron chi connectivity index (χ2n) is 9.96. The lowest BCUT2D eigenvalue weighted by Crippen LogP contribution is -2.53. The first kappa shape index (κ1) is 33.8. The lowest BCUT2D eigenvalue weighted by molar-refractivity contribution is -0.139. The molecule has 1 atom stereocenters. The minimum atomic E-state index is -4.78. The molecule has 0 radical (unpaired) electrons. The van der Waals surface area contributed by atoms with Crippen molar-refractivity contribution in [2.75, 3.05) is 17.9 Å². The molecule has 0 aliphatic heterocycles. The fourth-order valence-corrected chi connectivity index (χ4v) is 6.39. The van der Waals surface area contributed by atoms with Gasteiger partial charge >= 0.3 is 6.18 Å². The van der Waals surface area contributed by atoms with Crippen LogP contribution in [0.15, 0.2) is 108 Å². The monoisotopic (exact) mass is 677 g/mol. The molecule has 1 N–H and O–H groups in total. The van der Waals surface area contributed by atoms with E-state index in [4.69, 9.17) is 23.2 Å². The fourth-order valence-electron chi connectivity index (χ4n) is 4.64.